The fourth-order valence-corrected chi connectivity index (χ4v) is 3.70. The zero-order chi connectivity index (χ0) is 11.8. The lowest BCUT2D eigenvalue weighted by molar-refractivity contribution is 0.468. The summed E-state index contributed by atoms with van der Waals surface area (Å²) >= 11 is 6.40. The Morgan fingerprint density at radius 1 is 1.18 bits per heavy atom. The number of nitrogens with two attached hydrogens (primary N) is 1. The summed E-state index contributed by atoms with van der Waals surface area (Å²) in [5.41, 5.74) is 7.97. The number of fused-ring (bicyclic) bond motifs is 2. The maximum Gasteiger partial charge on any atom is 0.0642 e. The molecule has 2 N–H and O–H groups in total. The molecule has 2 heterocycles. The van der Waals surface area contributed by atoms with Gasteiger partial charge in [-0.25, -0.2) is 0 Å². The molecule has 1 aromatic rings. The van der Waals surface area contributed by atoms with E-state index < -0.39 is 0 Å². The molecule has 0 saturated carbocycles. The van der Waals surface area contributed by atoms with E-state index in [2.05, 4.69) is 17.0 Å². The Morgan fingerprint density at radius 2 is 1.88 bits per heavy atom. The normalized spacial score (nSPS) is 27.5. The van der Waals surface area contributed by atoms with Gasteiger partial charge in [-0.15, -0.1) is 0 Å². The van der Waals surface area contributed by atoms with Gasteiger partial charge in [-0.2, -0.15) is 0 Å². The van der Waals surface area contributed by atoms with Gasteiger partial charge in [0.25, 0.3) is 0 Å². The van der Waals surface area contributed by atoms with Crippen LogP contribution in [-0.4, -0.2) is 12.1 Å². The number of rotatable bonds is 2. The molecule has 1 aromatic carbocycles. The van der Waals surface area contributed by atoms with Crippen LogP contribution in [0.3, 0.4) is 0 Å². The molecule has 2 saturated heterocycles. The molecule has 2 atom stereocenters. The van der Waals surface area contributed by atoms with E-state index in [1.165, 1.54) is 37.8 Å². The predicted octanol–water partition coefficient (Wildman–Crippen LogP) is 3.32. The van der Waals surface area contributed by atoms with E-state index >= 15 is 0 Å². The number of hydrogen-bond acceptors (Lipinski definition) is 2. The molecule has 17 heavy (non-hydrogen) atoms. The highest BCUT2D eigenvalue weighted by Crippen LogP contribution is 2.41. The first-order valence-corrected chi connectivity index (χ1v) is 6.94. The molecule has 3 heteroatoms. The Bertz CT molecular complexity index is 403. The van der Waals surface area contributed by atoms with E-state index in [1.54, 1.807) is 0 Å². The maximum atomic E-state index is 6.40. The summed E-state index contributed by atoms with van der Waals surface area (Å²) in [5, 5.41) is 0.867. The smallest absolute Gasteiger partial charge is 0.0642 e. The van der Waals surface area contributed by atoms with Gasteiger partial charge < -0.3 is 10.6 Å². The quantitative estimate of drug-likeness (QED) is 0.873. The lowest BCUT2D eigenvalue weighted by Gasteiger charge is -2.37. The van der Waals surface area contributed by atoms with E-state index in [0.717, 1.165) is 22.7 Å². The molecular weight excluding hydrogens is 232 g/mol. The largest absolute Gasteiger partial charge is 0.364 e. The summed E-state index contributed by atoms with van der Waals surface area (Å²) in [6.07, 6.45) is 6.69. The summed E-state index contributed by atoms with van der Waals surface area (Å²) < 4.78 is 0. The van der Waals surface area contributed by atoms with Crippen LogP contribution in [0.4, 0.5) is 5.69 Å². The van der Waals surface area contributed by atoms with Crippen molar-refractivity contribution in [1.82, 2.24) is 0 Å². The molecule has 2 nitrogen and oxygen atoms in total. The highest BCUT2D eigenvalue weighted by molar-refractivity contribution is 6.33. The van der Waals surface area contributed by atoms with Gasteiger partial charge in [0, 0.05) is 18.6 Å². The molecular formula is C14H19ClN2. The minimum absolute atomic E-state index is 0.562. The third-order valence-electron chi connectivity index (χ3n) is 4.22. The molecule has 0 amide bonds. The van der Waals surface area contributed by atoms with Crippen molar-refractivity contribution in [1.29, 1.82) is 0 Å². The highest BCUT2D eigenvalue weighted by atomic mass is 35.5. The van der Waals surface area contributed by atoms with E-state index in [4.69, 9.17) is 17.3 Å². The summed E-state index contributed by atoms with van der Waals surface area (Å²) in [6.45, 7) is 0.562. The highest BCUT2D eigenvalue weighted by Gasteiger charge is 2.37. The molecule has 2 bridgehead atoms. The third-order valence-corrected chi connectivity index (χ3v) is 4.52. The molecule has 2 aliphatic rings. The van der Waals surface area contributed by atoms with Crippen LogP contribution in [0.15, 0.2) is 18.2 Å². The Kier molecular flexibility index (Phi) is 3.01. The van der Waals surface area contributed by atoms with Crippen molar-refractivity contribution in [2.24, 2.45) is 5.73 Å². The second kappa shape index (κ2) is 4.51. The van der Waals surface area contributed by atoms with Crippen LogP contribution >= 0.6 is 11.6 Å². The Balaban J connectivity index is 1.93. The molecule has 2 unspecified atom stereocenters. The van der Waals surface area contributed by atoms with Crippen molar-refractivity contribution in [2.45, 2.75) is 50.7 Å². The van der Waals surface area contributed by atoms with E-state index in [1.807, 2.05) is 6.07 Å². The van der Waals surface area contributed by atoms with Crippen molar-refractivity contribution in [3.05, 3.63) is 28.8 Å². The molecule has 92 valence electrons. The van der Waals surface area contributed by atoms with Gasteiger partial charge in [0.2, 0.25) is 0 Å². The van der Waals surface area contributed by atoms with Crippen molar-refractivity contribution in [3.8, 4) is 0 Å². The molecule has 0 aromatic heterocycles. The first-order valence-electron chi connectivity index (χ1n) is 6.56. The van der Waals surface area contributed by atoms with Crippen LogP contribution in [0.25, 0.3) is 0 Å². The van der Waals surface area contributed by atoms with Crippen LogP contribution in [0.2, 0.25) is 5.02 Å². The summed E-state index contributed by atoms with van der Waals surface area (Å²) in [5.74, 6) is 0. The number of piperidine rings is 1. The first-order chi connectivity index (χ1) is 8.29. The minimum Gasteiger partial charge on any atom is -0.364 e. The SMILES string of the molecule is NCc1ccc(N2C3CCCC2CC3)c(Cl)c1. The molecule has 3 rings (SSSR count). The van der Waals surface area contributed by atoms with Crippen molar-refractivity contribution < 1.29 is 0 Å². The Labute approximate surface area is 108 Å². The number of benzene rings is 1. The van der Waals surface area contributed by atoms with E-state index in [-0.39, 0.29) is 0 Å². The van der Waals surface area contributed by atoms with Crippen LogP contribution in [0, 0.1) is 0 Å². The average Bonchev–Trinajstić information content (AvgIpc) is 2.59. The summed E-state index contributed by atoms with van der Waals surface area (Å²) in [7, 11) is 0. The third kappa shape index (κ3) is 1.94. The summed E-state index contributed by atoms with van der Waals surface area (Å²) in [4.78, 5) is 2.56. The molecule has 0 spiro atoms. The van der Waals surface area contributed by atoms with Crippen LogP contribution in [-0.2, 0) is 6.54 Å². The Morgan fingerprint density at radius 3 is 2.47 bits per heavy atom. The first kappa shape index (κ1) is 11.4. The van der Waals surface area contributed by atoms with Gasteiger partial charge in [0.1, 0.15) is 0 Å². The van der Waals surface area contributed by atoms with Crippen LogP contribution < -0.4 is 10.6 Å². The van der Waals surface area contributed by atoms with Crippen LogP contribution in [0.1, 0.15) is 37.7 Å². The zero-order valence-electron chi connectivity index (χ0n) is 10.0. The number of hydrogen-bond donors (Lipinski definition) is 1. The summed E-state index contributed by atoms with van der Waals surface area (Å²) in [6, 6.07) is 7.71. The number of nitrogens with zero attached hydrogens (tertiary/aromatic N) is 1. The Hall–Kier alpha value is -0.730. The van der Waals surface area contributed by atoms with Crippen molar-refractivity contribution in [2.75, 3.05) is 4.90 Å². The van der Waals surface area contributed by atoms with Gasteiger partial charge >= 0.3 is 0 Å². The number of halogens is 1. The topological polar surface area (TPSA) is 29.3 Å². The van der Waals surface area contributed by atoms with Crippen molar-refractivity contribution in [3.63, 3.8) is 0 Å². The fraction of sp³-hybridized carbons (Fsp3) is 0.571. The van der Waals surface area contributed by atoms with Gasteiger partial charge in [-0.3, -0.25) is 0 Å². The zero-order valence-corrected chi connectivity index (χ0v) is 10.8. The van der Waals surface area contributed by atoms with E-state index in [9.17, 15) is 0 Å². The minimum atomic E-state index is 0.562. The van der Waals surface area contributed by atoms with E-state index in [0.29, 0.717) is 6.54 Å². The van der Waals surface area contributed by atoms with Gasteiger partial charge in [0.15, 0.2) is 0 Å². The predicted molar refractivity (Wildman–Crippen MR) is 72.5 cm³/mol. The standard InChI is InChI=1S/C14H19ClN2/c15-13-8-10(9-16)4-7-14(13)17-11-2-1-3-12(17)6-5-11/h4,7-8,11-12H,1-3,5-6,9,16H2. The second-order valence-corrected chi connectivity index (χ2v) is 5.62. The van der Waals surface area contributed by atoms with Gasteiger partial charge in [-0.1, -0.05) is 17.7 Å². The average molecular weight is 251 g/mol. The maximum absolute atomic E-state index is 6.40. The van der Waals surface area contributed by atoms with Crippen LogP contribution in [0.5, 0.6) is 0 Å². The second-order valence-electron chi connectivity index (χ2n) is 5.21. The van der Waals surface area contributed by atoms with Crippen molar-refractivity contribution >= 4 is 17.3 Å². The monoisotopic (exact) mass is 250 g/mol. The molecule has 2 aliphatic heterocycles. The lowest BCUT2D eigenvalue weighted by Crippen LogP contribution is -2.39. The molecule has 0 radical (unpaired) electrons. The van der Waals surface area contributed by atoms with Gasteiger partial charge in [-0.05, 0) is 49.8 Å². The fourth-order valence-electron chi connectivity index (χ4n) is 3.40. The van der Waals surface area contributed by atoms with Gasteiger partial charge in [0.05, 0.1) is 10.7 Å². The molecule has 2 fully saturated rings. The molecule has 0 aliphatic carbocycles. The lowest BCUT2D eigenvalue weighted by atomic mass is 10.0. The number of anilines is 1.